The van der Waals surface area contributed by atoms with Crippen LogP contribution in [-0.4, -0.2) is 31.1 Å². The summed E-state index contributed by atoms with van der Waals surface area (Å²) in [5.74, 6) is 0. The average molecular weight is 318 g/mol. The highest BCUT2D eigenvalue weighted by molar-refractivity contribution is 9.10. The summed E-state index contributed by atoms with van der Waals surface area (Å²) >= 11 is 9.68. The molecule has 0 unspecified atom stereocenters. The highest BCUT2D eigenvalue weighted by Gasteiger charge is 2.10. The van der Waals surface area contributed by atoms with Gasteiger partial charge >= 0.3 is 0 Å². The monoisotopic (exact) mass is 316 g/mol. The minimum atomic E-state index is 0.817. The number of likely N-dealkylation sites (tertiary alicyclic amines) is 1. The lowest BCUT2D eigenvalue weighted by Gasteiger charge is -2.16. The van der Waals surface area contributed by atoms with Crippen molar-refractivity contribution < 1.29 is 0 Å². The summed E-state index contributed by atoms with van der Waals surface area (Å²) < 4.78 is 1.08. The summed E-state index contributed by atoms with van der Waals surface area (Å²) in [6, 6.07) is 4.05. The van der Waals surface area contributed by atoms with Gasteiger partial charge in [0.15, 0.2) is 0 Å². The van der Waals surface area contributed by atoms with Crippen molar-refractivity contribution in [3.8, 4) is 0 Å². The predicted octanol–water partition coefficient (Wildman–Crippen LogP) is 3.92. The Balaban J connectivity index is 1.87. The van der Waals surface area contributed by atoms with E-state index < -0.39 is 0 Å². The SMILES string of the molecule is Cc1cc(Br)c(NCCN2CCCC2)cc1Cl. The van der Waals surface area contributed by atoms with Crippen molar-refractivity contribution in [2.75, 3.05) is 31.5 Å². The molecule has 0 spiro atoms. The molecule has 0 bridgehead atoms. The number of rotatable bonds is 4. The van der Waals surface area contributed by atoms with Gasteiger partial charge in [-0.3, -0.25) is 0 Å². The number of benzene rings is 1. The van der Waals surface area contributed by atoms with Gasteiger partial charge in [0.25, 0.3) is 0 Å². The second kappa shape index (κ2) is 6.07. The molecule has 2 rings (SSSR count). The van der Waals surface area contributed by atoms with Crippen LogP contribution in [0.4, 0.5) is 5.69 Å². The topological polar surface area (TPSA) is 15.3 Å². The van der Waals surface area contributed by atoms with E-state index in [1.807, 2.05) is 13.0 Å². The van der Waals surface area contributed by atoms with Gasteiger partial charge in [-0.1, -0.05) is 11.6 Å². The fourth-order valence-corrected chi connectivity index (χ4v) is 2.90. The van der Waals surface area contributed by atoms with Crippen molar-refractivity contribution in [1.29, 1.82) is 0 Å². The maximum Gasteiger partial charge on any atom is 0.0500 e. The maximum absolute atomic E-state index is 6.12. The van der Waals surface area contributed by atoms with E-state index in [1.165, 1.54) is 25.9 Å². The van der Waals surface area contributed by atoms with Crippen LogP contribution in [0, 0.1) is 6.92 Å². The summed E-state index contributed by atoms with van der Waals surface area (Å²) in [5.41, 5.74) is 2.18. The van der Waals surface area contributed by atoms with Gasteiger partial charge in [-0.05, 0) is 66.5 Å². The van der Waals surface area contributed by atoms with Gasteiger partial charge in [0.2, 0.25) is 0 Å². The van der Waals surface area contributed by atoms with Crippen molar-refractivity contribution in [1.82, 2.24) is 4.90 Å². The van der Waals surface area contributed by atoms with E-state index in [-0.39, 0.29) is 0 Å². The van der Waals surface area contributed by atoms with Crippen LogP contribution < -0.4 is 5.32 Å². The van der Waals surface area contributed by atoms with E-state index in [4.69, 9.17) is 11.6 Å². The normalized spacial score (nSPS) is 16.4. The molecule has 17 heavy (non-hydrogen) atoms. The molecule has 1 aromatic rings. The standard InChI is InChI=1S/C13H18BrClN2/c1-10-8-11(14)13(9-12(10)15)16-4-7-17-5-2-3-6-17/h8-9,16H,2-7H2,1H3. The van der Waals surface area contributed by atoms with Gasteiger partial charge in [-0.2, -0.15) is 0 Å². The Kier molecular flexibility index (Phi) is 4.71. The molecule has 1 aliphatic heterocycles. The Labute approximate surface area is 116 Å². The molecule has 94 valence electrons. The zero-order valence-corrected chi connectivity index (χ0v) is 12.4. The van der Waals surface area contributed by atoms with Crippen LogP contribution >= 0.6 is 27.5 Å². The smallest absolute Gasteiger partial charge is 0.0500 e. The highest BCUT2D eigenvalue weighted by atomic mass is 79.9. The molecular weight excluding hydrogens is 300 g/mol. The molecule has 0 saturated carbocycles. The van der Waals surface area contributed by atoms with E-state index in [9.17, 15) is 0 Å². The largest absolute Gasteiger partial charge is 0.383 e. The Morgan fingerprint density at radius 3 is 2.76 bits per heavy atom. The first-order chi connectivity index (χ1) is 8.16. The van der Waals surface area contributed by atoms with Crippen molar-refractivity contribution in [3.05, 3.63) is 27.2 Å². The molecule has 0 amide bonds. The van der Waals surface area contributed by atoms with E-state index in [2.05, 4.69) is 32.2 Å². The fourth-order valence-electron chi connectivity index (χ4n) is 2.14. The quantitative estimate of drug-likeness (QED) is 0.905. The molecule has 1 aromatic carbocycles. The third-order valence-corrected chi connectivity index (χ3v) is 4.25. The number of nitrogens with one attached hydrogen (secondary N) is 1. The maximum atomic E-state index is 6.12. The van der Waals surface area contributed by atoms with E-state index >= 15 is 0 Å². The van der Waals surface area contributed by atoms with Crippen LogP contribution in [0.3, 0.4) is 0 Å². The van der Waals surface area contributed by atoms with Gasteiger partial charge in [0.05, 0.1) is 0 Å². The van der Waals surface area contributed by atoms with Crippen LogP contribution in [0.1, 0.15) is 18.4 Å². The summed E-state index contributed by atoms with van der Waals surface area (Å²) in [4.78, 5) is 2.50. The van der Waals surface area contributed by atoms with Gasteiger partial charge in [-0.15, -0.1) is 0 Å². The molecule has 2 nitrogen and oxygen atoms in total. The lowest BCUT2D eigenvalue weighted by molar-refractivity contribution is 0.352. The van der Waals surface area contributed by atoms with Crippen LogP contribution in [0.15, 0.2) is 16.6 Å². The molecule has 1 aliphatic rings. The van der Waals surface area contributed by atoms with E-state index in [1.54, 1.807) is 0 Å². The molecule has 1 N–H and O–H groups in total. The zero-order chi connectivity index (χ0) is 12.3. The van der Waals surface area contributed by atoms with Gasteiger partial charge in [-0.25, -0.2) is 0 Å². The first-order valence-electron chi connectivity index (χ1n) is 6.08. The van der Waals surface area contributed by atoms with Gasteiger partial charge in [0, 0.05) is 28.3 Å². The number of anilines is 1. The third-order valence-electron chi connectivity index (χ3n) is 3.19. The molecular formula is C13H18BrClN2. The molecule has 1 saturated heterocycles. The van der Waals surface area contributed by atoms with Gasteiger partial charge in [0.1, 0.15) is 0 Å². The number of nitrogens with zero attached hydrogens (tertiary/aromatic N) is 1. The summed E-state index contributed by atoms with van der Waals surface area (Å²) in [5, 5.41) is 4.25. The van der Waals surface area contributed by atoms with Crippen molar-refractivity contribution in [3.63, 3.8) is 0 Å². The van der Waals surface area contributed by atoms with Crippen LogP contribution in [0.5, 0.6) is 0 Å². The lowest BCUT2D eigenvalue weighted by atomic mass is 10.2. The molecule has 0 radical (unpaired) electrons. The molecule has 4 heteroatoms. The number of aryl methyl sites for hydroxylation is 1. The zero-order valence-electron chi connectivity index (χ0n) is 10.1. The predicted molar refractivity (Wildman–Crippen MR) is 78.1 cm³/mol. The molecule has 1 heterocycles. The first kappa shape index (κ1) is 13.2. The average Bonchev–Trinajstić information content (AvgIpc) is 2.78. The first-order valence-corrected chi connectivity index (χ1v) is 7.26. The summed E-state index contributed by atoms with van der Waals surface area (Å²) in [6.07, 6.45) is 2.69. The van der Waals surface area contributed by atoms with E-state index in [0.717, 1.165) is 33.8 Å². The van der Waals surface area contributed by atoms with E-state index in [0.29, 0.717) is 0 Å². The summed E-state index contributed by atoms with van der Waals surface area (Å²) in [7, 11) is 0. The summed E-state index contributed by atoms with van der Waals surface area (Å²) in [6.45, 7) is 6.59. The van der Waals surface area contributed by atoms with Crippen LogP contribution in [0.2, 0.25) is 5.02 Å². The molecule has 0 aromatic heterocycles. The second-order valence-corrected chi connectivity index (χ2v) is 5.82. The minimum Gasteiger partial charge on any atom is -0.383 e. The number of halogens is 2. The van der Waals surface area contributed by atoms with Crippen LogP contribution in [-0.2, 0) is 0 Å². The molecule has 0 atom stereocenters. The third kappa shape index (κ3) is 3.60. The number of hydrogen-bond acceptors (Lipinski definition) is 2. The highest BCUT2D eigenvalue weighted by Crippen LogP contribution is 2.28. The lowest BCUT2D eigenvalue weighted by Crippen LogP contribution is -2.26. The van der Waals surface area contributed by atoms with Crippen LogP contribution in [0.25, 0.3) is 0 Å². The Morgan fingerprint density at radius 1 is 1.35 bits per heavy atom. The minimum absolute atomic E-state index is 0.817. The van der Waals surface area contributed by atoms with Crippen molar-refractivity contribution in [2.24, 2.45) is 0 Å². The fraction of sp³-hybridized carbons (Fsp3) is 0.538. The van der Waals surface area contributed by atoms with Crippen molar-refractivity contribution >= 4 is 33.2 Å². The Morgan fingerprint density at radius 2 is 2.06 bits per heavy atom. The molecule has 0 aliphatic carbocycles. The Hall–Kier alpha value is -0.250. The number of hydrogen-bond donors (Lipinski definition) is 1. The molecule has 1 fully saturated rings. The second-order valence-electron chi connectivity index (χ2n) is 4.56. The van der Waals surface area contributed by atoms with Crippen molar-refractivity contribution in [2.45, 2.75) is 19.8 Å². The van der Waals surface area contributed by atoms with Gasteiger partial charge < -0.3 is 10.2 Å². The Bertz CT molecular complexity index is 389.